The Balaban J connectivity index is 2.33. The van der Waals surface area contributed by atoms with Crippen molar-refractivity contribution < 1.29 is 9.90 Å². The Kier molecular flexibility index (Phi) is 2.35. The van der Waals surface area contributed by atoms with E-state index < -0.39 is 5.97 Å². The van der Waals surface area contributed by atoms with Crippen molar-refractivity contribution in [1.82, 2.24) is 0 Å². The van der Waals surface area contributed by atoms with E-state index in [1.807, 2.05) is 18.2 Å². The minimum atomic E-state index is -0.831. The van der Waals surface area contributed by atoms with Gasteiger partial charge in [0.15, 0.2) is 0 Å². The van der Waals surface area contributed by atoms with Gasteiger partial charge < -0.3 is 5.11 Å². The van der Waals surface area contributed by atoms with Crippen LogP contribution in [0.2, 0.25) is 0 Å². The van der Waals surface area contributed by atoms with E-state index in [0.717, 1.165) is 17.5 Å². The van der Waals surface area contributed by atoms with E-state index in [-0.39, 0.29) is 5.41 Å². The SMILES string of the molecule is CC1(C)Cc2scc(C(=O)O)c2-c2ccccc21. The summed E-state index contributed by atoms with van der Waals surface area (Å²) in [6.07, 6.45) is 0.914. The number of carboxylic acid groups (broad SMARTS) is 1. The number of benzene rings is 1. The first-order valence-electron chi connectivity index (χ1n) is 5.94. The van der Waals surface area contributed by atoms with Gasteiger partial charge in [-0.2, -0.15) is 0 Å². The van der Waals surface area contributed by atoms with Crippen LogP contribution in [0.5, 0.6) is 0 Å². The second-order valence-corrected chi connectivity index (χ2v) is 6.32. The van der Waals surface area contributed by atoms with Crippen LogP contribution in [0.15, 0.2) is 29.6 Å². The quantitative estimate of drug-likeness (QED) is 0.841. The van der Waals surface area contributed by atoms with Gasteiger partial charge in [0, 0.05) is 15.8 Å². The molecule has 0 aliphatic heterocycles. The molecule has 1 aromatic carbocycles. The average Bonchev–Trinajstić information content (AvgIpc) is 2.72. The summed E-state index contributed by atoms with van der Waals surface area (Å²) < 4.78 is 0. The maximum atomic E-state index is 11.3. The highest BCUT2D eigenvalue weighted by Gasteiger charge is 2.34. The smallest absolute Gasteiger partial charge is 0.337 e. The first-order valence-corrected chi connectivity index (χ1v) is 6.82. The zero-order chi connectivity index (χ0) is 12.9. The van der Waals surface area contributed by atoms with Gasteiger partial charge in [-0.05, 0) is 23.0 Å². The number of carbonyl (C=O) groups is 1. The highest BCUT2D eigenvalue weighted by Crippen LogP contribution is 2.46. The number of hydrogen-bond acceptors (Lipinski definition) is 2. The molecular weight excluding hydrogens is 244 g/mol. The Hall–Kier alpha value is -1.61. The number of fused-ring (bicyclic) bond motifs is 3. The van der Waals surface area contributed by atoms with E-state index in [9.17, 15) is 9.90 Å². The molecule has 0 spiro atoms. The molecule has 92 valence electrons. The standard InChI is InChI=1S/C15H14O2S/c1-15(2)7-12-13(10(8-18-12)14(16)17)9-5-3-4-6-11(9)15/h3-6,8H,7H2,1-2H3,(H,16,17). The average molecular weight is 258 g/mol. The number of hydrogen-bond donors (Lipinski definition) is 1. The molecule has 0 unspecified atom stereocenters. The van der Waals surface area contributed by atoms with Gasteiger partial charge in [0.05, 0.1) is 5.56 Å². The monoisotopic (exact) mass is 258 g/mol. The lowest BCUT2D eigenvalue weighted by Gasteiger charge is -2.32. The van der Waals surface area contributed by atoms with Crippen LogP contribution in [0.4, 0.5) is 0 Å². The highest BCUT2D eigenvalue weighted by molar-refractivity contribution is 7.10. The van der Waals surface area contributed by atoms with Gasteiger partial charge in [-0.15, -0.1) is 11.3 Å². The molecule has 1 aliphatic rings. The van der Waals surface area contributed by atoms with Gasteiger partial charge in [-0.25, -0.2) is 4.79 Å². The molecule has 3 rings (SSSR count). The van der Waals surface area contributed by atoms with Crippen molar-refractivity contribution >= 4 is 17.3 Å². The number of thiophene rings is 1. The van der Waals surface area contributed by atoms with Crippen molar-refractivity contribution in [1.29, 1.82) is 0 Å². The third kappa shape index (κ3) is 1.51. The van der Waals surface area contributed by atoms with Crippen LogP contribution in [0.3, 0.4) is 0 Å². The minimum absolute atomic E-state index is 0.0736. The third-order valence-electron chi connectivity index (χ3n) is 3.63. The van der Waals surface area contributed by atoms with Gasteiger partial charge in [0.25, 0.3) is 0 Å². The van der Waals surface area contributed by atoms with Crippen LogP contribution < -0.4 is 0 Å². The van der Waals surface area contributed by atoms with E-state index in [1.165, 1.54) is 10.4 Å². The summed E-state index contributed by atoms with van der Waals surface area (Å²) in [4.78, 5) is 12.5. The fraction of sp³-hybridized carbons (Fsp3) is 0.267. The topological polar surface area (TPSA) is 37.3 Å². The molecule has 2 aromatic rings. The highest BCUT2D eigenvalue weighted by atomic mass is 32.1. The molecule has 0 saturated heterocycles. The third-order valence-corrected chi connectivity index (χ3v) is 4.61. The molecule has 0 amide bonds. The van der Waals surface area contributed by atoms with Crippen LogP contribution in [0.1, 0.15) is 34.6 Å². The fourth-order valence-electron chi connectivity index (χ4n) is 2.77. The molecule has 1 N–H and O–H groups in total. The number of carboxylic acids is 1. The molecule has 0 fully saturated rings. The largest absolute Gasteiger partial charge is 0.478 e. The summed E-state index contributed by atoms with van der Waals surface area (Å²) in [5, 5.41) is 11.1. The Morgan fingerprint density at radius 1 is 1.33 bits per heavy atom. The summed E-state index contributed by atoms with van der Waals surface area (Å²) in [5.41, 5.74) is 3.78. The van der Waals surface area contributed by atoms with Crippen LogP contribution in [0, 0.1) is 0 Å². The molecule has 0 bridgehead atoms. The summed E-state index contributed by atoms with van der Waals surface area (Å²) in [6, 6.07) is 8.15. The van der Waals surface area contributed by atoms with Crippen molar-refractivity contribution in [3.05, 3.63) is 45.6 Å². The van der Waals surface area contributed by atoms with Crippen LogP contribution in [0.25, 0.3) is 11.1 Å². The van der Waals surface area contributed by atoms with Crippen LogP contribution >= 0.6 is 11.3 Å². The molecule has 1 aliphatic carbocycles. The Bertz CT molecular complexity index is 638. The van der Waals surface area contributed by atoms with Gasteiger partial charge in [-0.1, -0.05) is 38.1 Å². The van der Waals surface area contributed by atoms with E-state index in [1.54, 1.807) is 16.7 Å². The van der Waals surface area contributed by atoms with Gasteiger partial charge in [-0.3, -0.25) is 0 Å². The predicted molar refractivity (Wildman–Crippen MR) is 73.4 cm³/mol. The zero-order valence-corrected chi connectivity index (χ0v) is 11.2. The molecule has 18 heavy (non-hydrogen) atoms. The Morgan fingerprint density at radius 3 is 2.78 bits per heavy atom. The molecule has 1 heterocycles. The summed E-state index contributed by atoms with van der Waals surface area (Å²) in [6.45, 7) is 4.43. The number of rotatable bonds is 1. The molecule has 3 heteroatoms. The van der Waals surface area contributed by atoms with Crippen molar-refractivity contribution in [2.24, 2.45) is 0 Å². The molecule has 0 saturated carbocycles. The lowest BCUT2D eigenvalue weighted by atomic mass is 9.72. The summed E-state index contributed by atoms with van der Waals surface area (Å²) >= 11 is 1.57. The van der Waals surface area contributed by atoms with Crippen molar-refractivity contribution in [3.63, 3.8) is 0 Å². The number of aromatic carboxylic acids is 1. The first kappa shape index (κ1) is 11.5. The molecule has 1 aromatic heterocycles. The molecule has 0 atom stereocenters. The lowest BCUT2D eigenvalue weighted by Crippen LogP contribution is -2.25. The fourth-order valence-corrected chi connectivity index (χ4v) is 4.03. The predicted octanol–water partition coefficient (Wildman–Crippen LogP) is 3.95. The normalized spacial score (nSPS) is 15.9. The van der Waals surface area contributed by atoms with E-state index in [2.05, 4.69) is 19.9 Å². The molecular formula is C15H14O2S. The van der Waals surface area contributed by atoms with Crippen LogP contribution in [-0.2, 0) is 11.8 Å². The van der Waals surface area contributed by atoms with Gasteiger partial charge in [0.2, 0.25) is 0 Å². The van der Waals surface area contributed by atoms with Gasteiger partial charge >= 0.3 is 5.97 Å². The van der Waals surface area contributed by atoms with E-state index in [4.69, 9.17) is 0 Å². The maximum Gasteiger partial charge on any atom is 0.337 e. The van der Waals surface area contributed by atoms with Gasteiger partial charge in [0.1, 0.15) is 0 Å². The molecule has 0 radical (unpaired) electrons. The Morgan fingerprint density at radius 2 is 2.06 bits per heavy atom. The van der Waals surface area contributed by atoms with Crippen molar-refractivity contribution in [2.75, 3.05) is 0 Å². The van der Waals surface area contributed by atoms with Crippen molar-refractivity contribution in [2.45, 2.75) is 25.7 Å². The van der Waals surface area contributed by atoms with E-state index in [0.29, 0.717) is 5.56 Å². The Labute approximate surface area is 110 Å². The lowest BCUT2D eigenvalue weighted by molar-refractivity contribution is 0.0698. The zero-order valence-electron chi connectivity index (χ0n) is 10.4. The molecule has 2 nitrogen and oxygen atoms in total. The maximum absolute atomic E-state index is 11.3. The van der Waals surface area contributed by atoms with Crippen LogP contribution in [-0.4, -0.2) is 11.1 Å². The second kappa shape index (κ2) is 3.69. The summed E-state index contributed by atoms with van der Waals surface area (Å²) in [5.74, 6) is -0.831. The summed E-state index contributed by atoms with van der Waals surface area (Å²) in [7, 11) is 0. The van der Waals surface area contributed by atoms with Crippen molar-refractivity contribution in [3.8, 4) is 11.1 Å². The first-order chi connectivity index (χ1) is 8.50. The second-order valence-electron chi connectivity index (χ2n) is 5.36. The van der Waals surface area contributed by atoms with E-state index >= 15 is 0 Å². The minimum Gasteiger partial charge on any atom is -0.478 e.